The van der Waals surface area contributed by atoms with Crippen molar-refractivity contribution < 1.29 is 14.3 Å². The van der Waals surface area contributed by atoms with Crippen LogP contribution in [0.2, 0.25) is 0 Å². The highest BCUT2D eigenvalue weighted by molar-refractivity contribution is 5.75. The van der Waals surface area contributed by atoms with Crippen LogP contribution in [0.15, 0.2) is 0 Å². The fourth-order valence-corrected chi connectivity index (χ4v) is 2.36. The molecule has 0 heterocycles. The number of carbonyl (C=O) groups excluding carboxylic acids is 2. The molecule has 2 atom stereocenters. The molecule has 6 heteroatoms. The van der Waals surface area contributed by atoms with Gasteiger partial charge in [0.25, 0.3) is 0 Å². The first-order chi connectivity index (χ1) is 8.58. The van der Waals surface area contributed by atoms with E-state index in [9.17, 15) is 9.59 Å². The molecule has 0 spiro atoms. The monoisotopic (exact) mass is 257 g/mol. The molecule has 1 fully saturated rings. The summed E-state index contributed by atoms with van der Waals surface area (Å²) in [6.45, 7) is 0.432. The Hall–Kier alpha value is -1.30. The van der Waals surface area contributed by atoms with Crippen molar-refractivity contribution in [3.8, 4) is 0 Å². The molecule has 5 N–H and O–H groups in total. The summed E-state index contributed by atoms with van der Waals surface area (Å²) in [5, 5.41) is 2.69. The lowest BCUT2D eigenvalue weighted by Gasteiger charge is -2.26. The highest BCUT2D eigenvalue weighted by Crippen LogP contribution is 2.26. The maximum Gasteiger partial charge on any atom is 0.404 e. The molecule has 6 nitrogen and oxygen atoms in total. The van der Waals surface area contributed by atoms with Crippen LogP contribution in [-0.2, 0) is 9.53 Å². The Morgan fingerprint density at radius 3 is 2.78 bits per heavy atom. The van der Waals surface area contributed by atoms with E-state index >= 15 is 0 Å². The van der Waals surface area contributed by atoms with E-state index < -0.39 is 6.09 Å². The van der Waals surface area contributed by atoms with Crippen LogP contribution in [0.3, 0.4) is 0 Å². The second-order valence-electron chi connectivity index (χ2n) is 4.85. The summed E-state index contributed by atoms with van der Waals surface area (Å²) in [6.07, 6.45) is 5.04. The van der Waals surface area contributed by atoms with Gasteiger partial charge in [0.05, 0.1) is 6.54 Å². The van der Waals surface area contributed by atoms with Crippen molar-refractivity contribution in [2.45, 2.75) is 44.6 Å². The summed E-state index contributed by atoms with van der Waals surface area (Å²) >= 11 is 0. The number of carbonyl (C=O) groups is 2. The number of nitrogens with two attached hydrogens (primary N) is 2. The number of ether oxygens (including phenoxy) is 1. The first-order valence-electron chi connectivity index (χ1n) is 6.52. The number of hydrogen-bond donors (Lipinski definition) is 3. The van der Waals surface area contributed by atoms with E-state index in [0.29, 0.717) is 24.9 Å². The van der Waals surface area contributed by atoms with E-state index in [2.05, 4.69) is 10.1 Å². The van der Waals surface area contributed by atoms with Crippen molar-refractivity contribution in [2.24, 2.45) is 17.4 Å². The smallest absolute Gasteiger partial charge is 0.404 e. The number of primary amides is 1. The van der Waals surface area contributed by atoms with Gasteiger partial charge in [0.1, 0.15) is 6.61 Å². The van der Waals surface area contributed by atoms with Crippen LogP contribution in [0.25, 0.3) is 0 Å². The van der Waals surface area contributed by atoms with Crippen molar-refractivity contribution in [1.82, 2.24) is 5.32 Å². The average molecular weight is 257 g/mol. The topological polar surface area (TPSA) is 107 Å². The van der Waals surface area contributed by atoms with E-state index in [0.717, 1.165) is 19.3 Å². The zero-order valence-corrected chi connectivity index (χ0v) is 10.7. The van der Waals surface area contributed by atoms with Gasteiger partial charge in [-0.05, 0) is 25.2 Å². The minimum Gasteiger partial charge on any atom is -0.448 e. The summed E-state index contributed by atoms with van der Waals surface area (Å²) in [4.78, 5) is 21.8. The molecule has 0 aromatic rings. The number of amides is 2. The van der Waals surface area contributed by atoms with Gasteiger partial charge in [-0.1, -0.05) is 12.8 Å². The third kappa shape index (κ3) is 6.44. The van der Waals surface area contributed by atoms with E-state index in [1.807, 2.05) is 0 Å². The maximum atomic E-state index is 11.5. The molecule has 0 aromatic carbocycles. The Bertz CT molecular complexity index is 284. The first-order valence-corrected chi connectivity index (χ1v) is 6.52. The van der Waals surface area contributed by atoms with Crippen molar-refractivity contribution in [1.29, 1.82) is 0 Å². The lowest BCUT2D eigenvalue weighted by Crippen LogP contribution is -2.31. The largest absolute Gasteiger partial charge is 0.448 e. The third-order valence-electron chi connectivity index (χ3n) is 3.27. The molecule has 0 aromatic heterocycles. The SMILES string of the molecule is NC(=O)OCCNC(=O)CCC1CCCC(N)C1. The lowest BCUT2D eigenvalue weighted by atomic mass is 9.83. The number of rotatable bonds is 6. The van der Waals surface area contributed by atoms with Gasteiger partial charge in [0, 0.05) is 12.5 Å². The van der Waals surface area contributed by atoms with Crippen LogP contribution in [0.5, 0.6) is 0 Å². The van der Waals surface area contributed by atoms with Crippen LogP contribution < -0.4 is 16.8 Å². The molecule has 0 radical (unpaired) electrons. The molecule has 2 unspecified atom stereocenters. The molecule has 104 valence electrons. The van der Waals surface area contributed by atoms with Gasteiger partial charge in [-0.2, -0.15) is 0 Å². The van der Waals surface area contributed by atoms with Gasteiger partial charge in [-0.25, -0.2) is 4.79 Å². The van der Waals surface area contributed by atoms with Gasteiger partial charge in [-0.3, -0.25) is 4.79 Å². The molecule has 0 bridgehead atoms. The molecule has 1 aliphatic rings. The Morgan fingerprint density at radius 2 is 2.11 bits per heavy atom. The standard InChI is InChI=1S/C12H23N3O3/c13-10-3-1-2-9(8-10)4-5-11(16)15-6-7-18-12(14)17/h9-10H,1-8,13H2,(H2,14,17)(H,15,16). The van der Waals surface area contributed by atoms with E-state index in [1.165, 1.54) is 12.8 Å². The summed E-state index contributed by atoms with van der Waals surface area (Å²) in [5.74, 6) is 0.559. The Morgan fingerprint density at radius 1 is 1.33 bits per heavy atom. The van der Waals surface area contributed by atoms with Crippen molar-refractivity contribution in [3.05, 3.63) is 0 Å². The summed E-state index contributed by atoms with van der Waals surface area (Å²) in [5.41, 5.74) is 10.7. The van der Waals surface area contributed by atoms with E-state index in [1.54, 1.807) is 0 Å². The van der Waals surface area contributed by atoms with Crippen LogP contribution >= 0.6 is 0 Å². The highest BCUT2D eigenvalue weighted by Gasteiger charge is 2.19. The summed E-state index contributed by atoms with van der Waals surface area (Å²) in [6, 6.07) is 0.302. The second-order valence-corrected chi connectivity index (χ2v) is 4.85. The molecule has 1 saturated carbocycles. The van der Waals surface area contributed by atoms with Crippen molar-refractivity contribution in [3.63, 3.8) is 0 Å². The fraction of sp³-hybridized carbons (Fsp3) is 0.833. The highest BCUT2D eigenvalue weighted by atomic mass is 16.5. The summed E-state index contributed by atoms with van der Waals surface area (Å²) in [7, 11) is 0. The Balaban J connectivity index is 2.04. The lowest BCUT2D eigenvalue weighted by molar-refractivity contribution is -0.121. The molecule has 18 heavy (non-hydrogen) atoms. The predicted molar refractivity (Wildman–Crippen MR) is 67.7 cm³/mol. The third-order valence-corrected chi connectivity index (χ3v) is 3.27. The minimum absolute atomic E-state index is 0.0118. The average Bonchev–Trinajstić information content (AvgIpc) is 2.32. The second kappa shape index (κ2) is 7.92. The zero-order valence-electron chi connectivity index (χ0n) is 10.7. The molecule has 1 rings (SSSR count). The molecule has 0 saturated heterocycles. The fourth-order valence-electron chi connectivity index (χ4n) is 2.36. The molecule has 2 amide bonds. The molecular weight excluding hydrogens is 234 g/mol. The first kappa shape index (κ1) is 14.8. The van der Waals surface area contributed by atoms with E-state index in [-0.39, 0.29) is 12.5 Å². The molecular formula is C12H23N3O3. The van der Waals surface area contributed by atoms with Crippen molar-refractivity contribution in [2.75, 3.05) is 13.2 Å². The van der Waals surface area contributed by atoms with Crippen LogP contribution in [-0.4, -0.2) is 31.2 Å². The van der Waals surface area contributed by atoms with Crippen LogP contribution in [0.4, 0.5) is 4.79 Å². The van der Waals surface area contributed by atoms with E-state index in [4.69, 9.17) is 11.5 Å². The molecule has 0 aliphatic heterocycles. The van der Waals surface area contributed by atoms with Crippen LogP contribution in [0, 0.1) is 5.92 Å². The Labute approximate surface area is 107 Å². The van der Waals surface area contributed by atoms with Crippen molar-refractivity contribution >= 4 is 12.0 Å². The number of nitrogens with one attached hydrogen (secondary N) is 1. The maximum absolute atomic E-state index is 11.5. The van der Waals surface area contributed by atoms with Crippen LogP contribution in [0.1, 0.15) is 38.5 Å². The van der Waals surface area contributed by atoms with Gasteiger partial charge in [0.15, 0.2) is 0 Å². The predicted octanol–water partition coefficient (Wildman–Crippen LogP) is 0.496. The quantitative estimate of drug-likeness (QED) is 0.602. The zero-order chi connectivity index (χ0) is 13.4. The van der Waals surface area contributed by atoms with Gasteiger partial charge in [-0.15, -0.1) is 0 Å². The van der Waals surface area contributed by atoms with Gasteiger partial charge in [0.2, 0.25) is 5.91 Å². The normalized spacial score (nSPS) is 23.4. The minimum atomic E-state index is -0.819. The number of hydrogen-bond acceptors (Lipinski definition) is 4. The van der Waals surface area contributed by atoms with Gasteiger partial charge < -0.3 is 21.5 Å². The molecule has 1 aliphatic carbocycles. The van der Waals surface area contributed by atoms with Gasteiger partial charge >= 0.3 is 6.09 Å². The summed E-state index contributed by atoms with van der Waals surface area (Å²) < 4.78 is 4.51. The Kier molecular flexibility index (Phi) is 6.49.